The average molecular weight is 504 g/mol. The van der Waals surface area contributed by atoms with Gasteiger partial charge in [0.25, 0.3) is 11.5 Å². The Balaban J connectivity index is 1.41. The van der Waals surface area contributed by atoms with Gasteiger partial charge in [0.2, 0.25) is 0 Å². The van der Waals surface area contributed by atoms with E-state index in [-0.39, 0.29) is 29.9 Å². The van der Waals surface area contributed by atoms with Crippen LogP contribution in [0, 0.1) is 6.92 Å². The molecular weight excluding hydrogens is 470 g/mol. The molecule has 2 fully saturated rings. The van der Waals surface area contributed by atoms with Crippen molar-refractivity contribution >= 4 is 11.7 Å². The fourth-order valence-corrected chi connectivity index (χ4v) is 4.48. The van der Waals surface area contributed by atoms with Crippen LogP contribution in [-0.4, -0.2) is 52.9 Å². The summed E-state index contributed by atoms with van der Waals surface area (Å²) in [7, 11) is 1.78. The van der Waals surface area contributed by atoms with Crippen LogP contribution in [0.15, 0.2) is 59.7 Å². The number of likely N-dealkylation sites (N-methyl/N-ethyl adjacent to an activating group) is 1. The molecule has 1 amide bonds. The minimum absolute atomic E-state index is 0.127. The van der Waals surface area contributed by atoms with Gasteiger partial charge in [0.1, 0.15) is 18.5 Å². The van der Waals surface area contributed by atoms with Crippen LogP contribution < -0.4 is 26.2 Å². The second-order valence-electron chi connectivity index (χ2n) is 9.93. The van der Waals surface area contributed by atoms with E-state index in [1.54, 1.807) is 31.6 Å². The Morgan fingerprint density at radius 1 is 1.24 bits per heavy atom. The molecule has 4 N–H and O–H groups in total. The van der Waals surface area contributed by atoms with E-state index in [1.165, 1.54) is 4.57 Å². The van der Waals surface area contributed by atoms with Gasteiger partial charge in [0.05, 0.1) is 11.2 Å². The van der Waals surface area contributed by atoms with Crippen molar-refractivity contribution in [1.29, 1.82) is 0 Å². The molecule has 9 nitrogen and oxygen atoms in total. The minimum atomic E-state index is -0.630. The molecule has 2 aromatic carbocycles. The summed E-state index contributed by atoms with van der Waals surface area (Å²) in [5.41, 5.74) is 2.21. The summed E-state index contributed by atoms with van der Waals surface area (Å²) in [4.78, 5) is 30.5. The number of nitrogens with one attached hydrogen (secondary N) is 3. The lowest BCUT2D eigenvalue weighted by Crippen LogP contribution is -2.31. The number of aromatic nitrogens is 2. The molecule has 2 saturated carbocycles. The van der Waals surface area contributed by atoms with Crippen molar-refractivity contribution in [3.05, 3.63) is 81.9 Å². The zero-order chi connectivity index (χ0) is 26.0. The molecule has 0 radical (unpaired) electrons. The number of amides is 1. The number of hydrogen-bond donors (Lipinski definition) is 4. The van der Waals surface area contributed by atoms with E-state index in [9.17, 15) is 14.7 Å². The van der Waals surface area contributed by atoms with E-state index in [2.05, 4.69) is 20.9 Å². The molecule has 5 rings (SSSR count). The molecule has 1 aromatic heterocycles. The summed E-state index contributed by atoms with van der Waals surface area (Å²) >= 11 is 0. The lowest BCUT2D eigenvalue weighted by atomic mass is 10.0. The van der Waals surface area contributed by atoms with Crippen molar-refractivity contribution in [3.63, 3.8) is 0 Å². The molecule has 0 spiro atoms. The molecule has 0 bridgehead atoms. The average Bonchev–Trinajstić information content (AvgIpc) is 3.83. The van der Waals surface area contributed by atoms with E-state index in [4.69, 9.17) is 4.74 Å². The van der Waals surface area contributed by atoms with Gasteiger partial charge in [-0.3, -0.25) is 14.2 Å². The number of aliphatic hydroxyl groups is 1. The van der Waals surface area contributed by atoms with Crippen LogP contribution in [0.2, 0.25) is 0 Å². The molecular formula is C28H33N5O4. The summed E-state index contributed by atoms with van der Waals surface area (Å²) in [5.74, 6) is 0.777. The second kappa shape index (κ2) is 10.4. The lowest BCUT2D eigenvalue weighted by molar-refractivity contribution is 0.0951. The number of aryl methyl sites for hydroxylation is 1. The normalized spacial score (nSPS) is 16.6. The number of rotatable bonds is 11. The number of nitrogens with zero attached hydrogens (tertiary/aromatic N) is 2. The van der Waals surface area contributed by atoms with E-state index < -0.39 is 11.6 Å². The van der Waals surface area contributed by atoms with Crippen LogP contribution in [0.1, 0.15) is 47.2 Å². The molecule has 9 heteroatoms. The first-order valence-corrected chi connectivity index (χ1v) is 12.7. The van der Waals surface area contributed by atoms with Crippen LogP contribution in [-0.2, 0) is 5.54 Å². The van der Waals surface area contributed by atoms with Crippen LogP contribution in [0.5, 0.6) is 5.75 Å². The maximum atomic E-state index is 13.6. The Bertz CT molecular complexity index is 1350. The number of carbonyl (C=O) groups is 1. The standard InChI is InChI=1S/C28H33N5O4/c1-18-7-8-19(26(35)31-20-9-10-20)15-23(18)33-14-13-30-25(27(33)36)32-28(11-12-28)22-5-3-4-6-24(22)37-17-21(34)16-29-2/h3-8,13-15,20-21,29,34H,9-12,16-17H2,1-2H3,(H,30,32)(H,31,35)/t21-/m0/s1. The summed E-state index contributed by atoms with van der Waals surface area (Å²) in [6.07, 6.45) is 6.24. The quantitative estimate of drug-likeness (QED) is 0.318. The van der Waals surface area contributed by atoms with Crippen LogP contribution in [0.25, 0.3) is 5.69 Å². The fourth-order valence-electron chi connectivity index (χ4n) is 4.48. The first kappa shape index (κ1) is 25.0. The number of hydrogen-bond acceptors (Lipinski definition) is 7. The highest BCUT2D eigenvalue weighted by Gasteiger charge is 2.47. The van der Waals surface area contributed by atoms with Gasteiger partial charge in [0, 0.05) is 36.1 Å². The fraction of sp³-hybridized carbons (Fsp3) is 0.393. The molecule has 0 saturated heterocycles. The zero-order valence-electron chi connectivity index (χ0n) is 21.2. The highest BCUT2D eigenvalue weighted by molar-refractivity contribution is 5.95. The minimum Gasteiger partial charge on any atom is -0.490 e. The predicted octanol–water partition coefficient (Wildman–Crippen LogP) is 2.49. The summed E-state index contributed by atoms with van der Waals surface area (Å²) in [5, 5.41) is 19.4. The number of aliphatic hydroxyl groups excluding tert-OH is 1. The van der Waals surface area contributed by atoms with Crippen molar-refractivity contribution in [2.45, 2.75) is 50.3 Å². The Hall–Kier alpha value is -3.69. The van der Waals surface area contributed by atoms with Gasteiger partial charge in [-0.1, -0.05) is 24.3 Å². The Labute approximate surface area is 215 Å². The Morgan fingerprint density at radius 2 is 2.03 bits per heavy atom. The highest BCUT2D eigenvalue weighted by atomic mass is 16.5. The van der Waals surface area contributed by atoms with E-state index in [1.807, 2.05) is 37.3 Å². The molecule has 1 heterocycles. The van der Waals surface area contributed by atoms with Crippen molar-refractivity contribution in [2.24, 2.45) is 0 Å². The van der Waals surface area contributed by atoms with Crippen LogP contribution in [0.3, 0.4) is 0 Å². The first-order chi connectivity index (χ1) is 17.9. The molecule has 194 valence electrons. The van der Waals surface area contributed by atoms with Gasteiger partial charge in [0.15, 0.2) is 5.82 Å². The SMILES string of the molecule is CNC[C@H](O)COc1ccccc1C1(Nc2nccn(-c3cc(C(=O)NC4CC4)ccc3C)c2=O)CC1. The lowest BCUT2D eigenvalue weighted by Gasteiger charge is -2.23. The largest absolute Gasteiger partial charge is 0.490 e. The van der Waals surface area contributed by atoms with Gasteiger partial charge in [-0.2, -0.15) is 0 Å². The van der Waals surface area contributed by atoms with Crippen molar-refractivity contribution < 1.29 is 14.6 Å². The third-order valence-corrected chi connectivity index (χ3v) is 6.87. The van der Waals surface area contributed by atoms with Gasteiger partial charge >= 0.3 is 0 Å². The first-order valence-electron chi connectivity index (χ1n) is 12.7. The monoisotopic (exact) mass is 503 g/mol. The highest BCUT2D eigenvalue weighted by Crippen LogP contribution is 2.50. The van der Waals surface area contributed by atoms with Gasteiger partial charge in [-0.25, -0.2) is 4.98 Å². The smallest absolute Gasteiger partial charge is 0.297 e. The van der Waals surface area contributed by atoms with Gasteiger partial charge < -0.3 is 25.8 Å². The molecule has 1 atom stereocenters. The number of benzene rings is 2. The number of anilines is 1. The maximum Gasteiger partial charge on any atom is 0.297 e. The van der Waals surface area contributed by atoms with E-state index in [0.717, 1.165) is 36.8 Å². The molecule has 2 aliphatic rings. The third-order valence-electron chi connectivity index (χ3n) is 6.87. The predicted molar refractivity (Wildman–Crippen MR) is 141 cm³/mol. The van der Waals surface area contributed by atoms with Crippen LogP contribution >= 0.6 is 0 Å². The molecule has 0 aliphatic heterocycles. The second-order valence-corrected chi connectivity index (χ2v) is 9.93. The van der Waals surface area contributed by atoms with Gasteiger partial charge in [-0.15, -0.1) is 0 Å². The summed E-state index contributed by atoms with van der Waals surface area (Å²) < 4.78 is 7.48. The van der Waals surface area contributed by atoms with Gasteiger partial charge in [-0.05, 0) is 63.4 Å². The topological polar surface area (TPSA) is 118 Å². The zero-order valence-corrected chi connectivity index (χ0v) is 21.2. The Kier molecular flexibility index (Phi) is 6.99. The molecule has 2 aliphatic carbocycles. The van der Waals surface area contributed by atoms with E-state index in [0.29, 0.717) is 23.5 Å². The molecule has 3 aromatic rings. The third kappa shape index (κ3) is 5.52. The van der Waals surface area contributed by atoms with E-state index >= 15 is 0 Å². The molecule has 37 heavy (non-hydrogen) atoms. The Morgan fingerprint density at radius 3 is 2.76 bits per heavy atom. The summed E-state index contributed by atoms with van der Waals surface area (Å²) in [6, 6.07) is 13.3. The summed E-state index contributed by atoms with van der Waals surface area (Å²) in [6.45, 7) is 2.51. The number of para-hydroxylation sites is 1. The van der Waals surface area contributed by atoms with Crippen molar-refractivity contribution in [3.8, 4) is 11.4 Å². The molecule has 0 unspecified atom stereocenters. The van der Waals surface area contributed by atoms with Crippen LogP contribution in [0.4, 0.5) is 5.82 Å². The number of ether oxygens (including phenoxy) is 1. The number of carbonyl (C=O) groups excluding carboxylic acids is 1. The van der Waals surface area contributed by atoms with Crippen molar-refractivity contribution in [1.82, 2.24) is 20.2 Å². The van der Waals surface area contributed by atoms with Crippen molar-refractivity contribution in [2.75, 3.05) is 25.5 Å². The maximum absolute atomic E-state index is 13.6.